The van der Waals surface area contributed by atoms with E-state index in [-0.39, 0.29) is 17.3 Å². The van der Waals surface area contributed by atoms with E-state index in [0.717, 1.165) is 12.1 Å². The fraction of sp³-hybridized carbons (Fsp3) is 0.167. The SMILES string of the molecule is COc1cc(OC)c(F)c(-c2cc(C(=O)O)no2)c1F. The maximum Gasteiger partial charge on any atom is 0.358 e. The molecule has 0 unspecified atom stereocenters. The Morgan fingerprint density at radius 3 is 2.15 bits per heavy atom. The molecule has 0 amide bonds. The van der Waals surface area contributed by atoms with Gasteiger partial charge in [0.2, 0.25) is 0 Å². The van der Waals surface area contributed by atoms with E-state index in [1.165, 1.54) is 14.2 Å². The van der Waals surface area contributed by atoms with Gasteiger partial charge in [0.25, 0.3) is 0 Å². The highest BCUT2D eigenvalue weighted by Gasteiger charge is 2.25. The highest BCUT2D eigenvalue weighted by molar-refractivity contribution is 5.86. The minimum Gasteiger partial charge on any atom is -0.494 e. The minimum atomic E-state index is -1.38. The number of hydrogen-bond acceptors (Lipinski definition) is 5. The van der Waals surface area contributed by atoms with Gasteiger partial charge >= 0.3 is 5.97 Å². The lowest BCUT2D eigenvalue weighted by molar-refractivity contribution is 0.0686. The van der Waals surface area contributed by atoms with E-state index in [2.05, 4.69) is 9.68 Å². The van der Waals surface area contributed by atoms with Crippen molar-refractivity contribution in [1.82, 2.24) is 5.16 Å². The van der Waals surface area contributed by atoms with Crippen molar-refractivity contribution in [3.8, 4) is 22.8 Å². The molecule has 20 heavy (non-hydrogen) atoms. The molecule has 0 saturated carbocycles. The van der Waals surface area contributed by atoms with Gasteiger partial charge in [0.1, 0.15) is 0 Å². The van der Waals surface area contributed by atoms with Gasteiger partial charge in [-0.2, -0.15) is 0 Å². The molecular formula is C12H9F2NO5. The Bertz CT molecular complexity index is 640. The number of aromatic carboxylic acids is 1. The van der Waals surface area contributed by atoms with Crippen LogP contribution in [0, 0.1) is 11.6 Å². The van der Waals surface area contributed by atoms with Gasteiger partial charge in [-0.1, -0.05) is 5.16 Å². The largest absolute Gasteiger partial charge is 0.494 e. The molecule has 0 bridgehead atoms. The number of ether oxygens (including phenoxy) is 2. The summed E-state index contributed by atoms with van der Waals surface area (Å²) < 4.78 is 42.3. The van der Waals surface area contributed by atoms with Crippen molar-refractivity contribution in [2.24, 2.45) is 0 Å². The number of hydrogen-bond donors (Lipinski definition) is 1. The van der Waals surface area contributed by atoms with Gasteiger partial charge in [-0.3, -0.25) is 0 Å². The Balaban J connectivity index is 2.67. The first-order chi connectivity index (χ1) is 9.49. The van der Waals surface area contributed by atoms with Crippen LogP contribution < -0.4 is 9.47 Å². The second-order valence-corrected chi connectivity index (χ2v) is 3.67. The molecule has 2 aromatic rings. The molecule has 1 aromatic heterocycles. The van der Waals surface area contributed by atoms with Crippen molar-refractivity contribution >= 4 is 5.97 Å². The number of carboxylic acids is 1. The lowest BCUT2D eigenvalue weighted by atomic mass is 10.1. The van der Waals surface area contributed by atoms with Crippen LogP contribution in [-0.2, 0) is 0 Å². The van der Waals surface area contributed by atoms with Crippen molar-refractivity contribution in [3.63, 3.8) is 0 Å². The molecule has 1 heterocycles. The molecule has 0 saturated heterocycles. The highest BCUT2D eigenvalue weighted by atomic mass is 19.1. The van der Waals surface area contributed by atoms with Crippen LogP contribution in [0.15, 0.2) is 16.7 Å². The van der Waals surface area contributed by atoms with E-state index < -0.39 is 28.9 Å². The Labute approximate surface area is 111 Å². The van der Waals surface area contributed by atoms with E-state index in [9.17, 15) is 13.6 Å². The van der Waals surface area contributed by atoms with Crippen molar-refractivity contribution in [2.75, 3.05) is 14.2 Å². The number of rotatable bonds is 4. The zero-order valence-electron chi connectivity index (χ0n) is 10.4. The summed E-state index contributed by atoms with van der Waals surface area (Å²) in [4.78, 5) is 10.7. The molecule has 0 radical (unpaired) electrons. The van der Waals surface area contributed by atoms with E-state index in [4.69, 9.17) is 14.6 Å². The monoisotopic (exact) mass is 285 g/mol. The summed E-state index contributed by atoms with van der Waals surface area (Å²) in [6.07, 6.45) is 0. The molecule has 1 N–H and O–H groups in total. The van der Waals surface area contributed by atoms with Gasteiger partial charge in [-0.05, 0) is 0 Å². The molecule has 8 heteroatoms. The fourth-order valence-corrected chi connectivity index (χ4v) is 1.60. The van der Waals surface area contributed by atoms with Gasteiger partial charge in [0, 0.05) is 12.1 Å². The molecule has 106 valence electrons. The lowest BCUT2D eigenvalue weighted by Gasteiger charge is -2.10. The zero-order valence-corrected chi connectivity index (χ0v) is 10.4. The van der Waals surface area contributed by atoms with Crippen LogP contribution in [0.1, 0.15) is 10.5 Å². The molecule has 0 spiro atoms. The van der Waals surface area contributed by atoms with Crippen molar-refractivity contribution < 1.29 is 32.7 Å². The van der Waals surface area contributed by atoms with Crippen molar-refractivity contribution in [2.45, 2.75) is 0 Å². The third kappa shape index (κ3) is 2.15. The Kier molecular flexibility index (Phi) is 3.55. The average molecular weight is 285 g/mol. The van der Waals surface area contributed by atoms with E-state index in [1.807, 2.05) is 0 Å². The van der Waals surface area contributed by atoms with Gasteiger partial charge in [0.05, 0.1) is 19.8 Å². The summed E-state index contributed by atoms with van der Waals surface area (Å²) in [6.45, 7) is 0. The minimum absolute atomic E-state index is 0.272. The topological polar surface area (TPSA) is 81.8 Å². The summed E-state index contributed by atoms with van der Waals surface area (Å²) in [5.41, 5.74) is -1.08. The Morgan fingerprint density at radius 1 is 1.20 bits per heavy atom. The number of methoxy groups -OCH3 is 2. The standard InChI is InChI=1S/C12H9F2NO5/c1-18-7-4-8(19-2)11(14)9(10(7)13)6-3-5(12(16)17)15-20-6/h3-4H,1-2H3,(H,16,17). The van der Waals surface area contributed by atoms with Crippen LogP contribution in [0.3, 0.4) is 0 Å². The molecule has 6 nitrogen and oxygen atoms in total. The first-order valence-corrected chi connectivity index (χ1v) is 5.30. The summed E-state index contributed by atoms with van der Waals surface area (Å²) in [5, 5.41) is 11.9. The third-order valence-electron chi connectivity index (χ3n) is 2.55. The Morgan fingerprint density at radius 2 is 1.75 bits per heavy atom. The molecule has 2 rings (SSSR count). The second-order valence-electron chi connectivity index (χ2n) is 3.67. The lowest BCUT2D eigenvalue weighted by Crippen LogP contribution is -1.99. The highest BCUT2D eigenvalue weighted by Crippen LogP contribution is 2.37. The molecule has 0 aliphatic heterocycles. The quantitative estimate of drug-likeness (QED) is 0.928. The van der Waals surface area contributed by atoms with Crippen molar-refractivity contribution in [1.29, 1.82) is 0 Å². The summed E-state index contributed by atoms with van der Waals surface area (Å²) in [7, 11) is 2.39. The summed E-state index contributed by atoms with van der Waals surface area (Å²) in [6, 6.07) is 1.94. The maximum atomic E-state index is 14.1. The smallest absolute Gasteiger partial charge is 0.358 e. The van der Waals surface area contributed by atoms with Crippen LogP contribution in [0.25, 0.3) is 11.3 Å². The van der Waals surface area contributed by atoms with Gasteiger partial charge in [-0.15, -0.1) is 0 Å². The number of halogens is 2. The van der Waals surface area contributed by atoms with Crippen molar-refractivity contribution in [3.05, 3.63) is 29.5 Å². The van der Waals surface area contributed by atoms with Gasteiger partial charge in [-0.25, -0.2) is 13.6 Å². The van der Waals surface area contributed by atoms with Crippen LogP contribution >= 0.6 is 0 Å². The second kappa shape index (κ2) is 5.16. The van der Waals surface area contributed by atoms with Crippen LogP contribution in [0.5, 0.6) is 11.5 Å². The number of benzene rings is 1. The van der Waals surface area contributed by atoms with E-state index in [0.29, 0.717) is 0 Å². The van der Waals surface area contributed by atoms with E-state index in [1.54, 1.807) is 0 Å². The number of nitrogens with zero attached hydrogens (tertiary/aromatic N) is 1. The third-order valence-corrected chi connectivity index (χ3v) is 2.55. The average Bonchev–Trinajstić information content (AvgIpc) is 2.89. The van der Waals surface area contributed by atoms with E-state index >= 15 is 0 Å². The molecule has 1 aromatic carbocycles. The predicted octanol–water partition coefficient (Wildman–Crippen LogP) is 2.34. The molecule has 0 atom stereocenters. The predicted molar refractivity (Wildman–Crippen MR) is 61.9 cm³/mol. The molecular weight excluding hydrogens is 276 g/mol. The fourth-order valence-electron chi connectivity index (χ4n) is 1.60. The first-order valence-electron chi connectivity index (χ1n) is 5.30. The number of carboxylic acid groups (broad SMARTS) is 1. The van der Waals surface area contributed by atoms with Gasteiger partial charge in [0.15, 0.2) is 34.6 Å². The Hall–Kier alpha value is -2.64. The van der Waals surface area contributed by atoms with Crippen LogP contribution in [0.4, 0.5) is 8.78 Å². The maximum absolute atomic E-state index is 14.1. The molecule has 0 aliphatic rings. The summed E-state index contributed by atoms with van der Waals surface area (Å²) in [5.74, 6) is -4.39. The van der Waals surface area contributed by atoms with Crippen LogP contribution in [-0.4, -0.2) is 30.5 Å². The first kappa shape index (κ1) is 13.8. The molecule has 0 fully saturated rings. The number of aromatic nitrogens is 1. The zero-order chi connectivity index (χ0) is 14.9. The summed E-state index contributed by atoms with van der Waals surface area (Å²) >= 11 is 0. The van der Waals surface area contributed by atoms with Gasteiger partial charge < -0.3 is 19.1 Å². The normalized spacial score (nSPS) is 10.4. The number of carbonyl (C=O) groups is 1. The van der Waals surface area contributed by atoms with Crippen LogP contribution in [0.2, 0.25) is 0 Å². The molecule has 0 aliphatic carbocycles.